The van der Waals surface area contributed by atoms with Crippen molar-refractivity contribution in [1.29, 1.82) is 0 Å². The molecule has 0 amide bonds. The van der Waals surface area contributed by atoms with E-state index in [1.165, 1.54) is 77.4 Å². The number of hydrogen-bond donors (Lipinski definition) is 1. The molecule has 0 aliphatic heterocycles. The number of rotatable bonds is 8. The molecule has 112 valence electrons. The SMILES string of the molecule is CCCC1CCCC(NCCN(CC)C2CC2)CC1. The Morgan fingerprint density at radius 3 is 2.53 bits per heavy atom. The first kappa shape index (κ1) is 15.3. The minimum atomic E-state index is 0.805. The maximum absolute atomic E-state index is 3.83. The fourth-order valence-electron chi connectivity index (χ4n) is 3.73. The van der Waals surface area contributed by atoms with Gasteiger partial charge in [-0.15, -0.1) is 0 Å². The third-order valence-corrected chi connectivity index (χ3v) is 5.09. The van der Waals surface area contributed by atoms with Gasteiger partial charge in [0.15, 0.2) is 0 Å². The molecular formula is C17H34N2. The lowest BCUT2D eigenvalue weighted by molar-refractivity contribution is 0.269. The molecule has 0 aromatic rings. The molecule has 2 fully saturated rings. The molecule has 2 saturated carbocycles. The van der Waals surface area contributed by atoms with Crippen molar-refractivity contribution < 1.29 is 0 Å². The number of likely N-dealkylation sites (N-methyl/N-ethyl adjacent to an activating group) is 1. The third-order valence-electron chi connectivity index (χ3n) is 5.09. The van der Waals surface area contributed by atoms with Gasteiger partial charge in [0.2, 0.25) is 0 Å². The lowest BCUT2D eigenvalue weighted by Crippen LogP contribution is -2.38. The number of nitrogens with zero attached hydrogens (tertiary/aromatic N) is 1. The molecule has 2 heteroatoms. The summed E-state index contributed by atoms with van der Waals surface area (Å²) in [5.74, 6) is 1.02. The Kier molecular flexibility index (Phi) is 6.66. The van der Waals surface area contributed by atoms with E-state index in [-0.39, 0.29) is 0 Å². The van der Waals surface area contributed by atoms with Gasteiger partial charge in [0, 0.05) is 25.2 Å². The van der Waals surface area contributed by atoms with Crippen molar-refractivity contribution in [2.75, 3.05) is 19.6 Å². The van der Waals surface area contributed by atoms with Crippen LogP contribution in [0.25, 0.3) is 0 Å². The van der Waals surface area contributed by atoms with Crippen molar-refractivity contribution in [3.8, 4) is 0 Å². The van der Waals surface area contributed by atoms with Crippen LogP contribution in [0.2, 0.25) is 0 Å². The Morgan fingerprint density at radius 1 is 1.00 bits per heavy atom. The third kappa shape index (κ3) is 5.43. The second-order valence-electron chi connectivity index (χ2n) is 6.67. The zero-order chi connectivity index (χ0) is 13.5. The van der Waals surface area contributed by atoms with Gasteiger partial charge in [-0.05, 0) is 44.6 Å². The molecule has 2 atom stereocenters. The lowest BCUT2D eigenvalue weighted by atomic mass is 9.95. The smallest absolute Gasteiger partial charge is 0.0110 e. The van der Waals surface area contributed by atoms with E-state index in [2.05, 4.69) is 24.1 Å². The highest BCUT2D eigenvalue weighted by atomic mass is 15.2. The van der Waals surface area contributed by atoms with Crippen molar-refractivity contribution in [3.05, 3.63) is 0 Å². The molecule has 0 spiro atoms. The Morgan fingerprint density at radius 2 is 1.84 bits per heavy atom. The zero-order valence-electron chi connectivity index (χ0n) is 13.2. The molecule has 0 aromatic heterocycles. The van der Waals surface area contributed by atoms with Crippen molar-refractivity contribution in [2.45, 2.75) is 83.7 Å². The fraction of sp³-hybridized carbons (Fsp3) is 1.00. The van der Waals surface area contributed by atoms with E-state index in [1.54, 1.807) is 0 Å². The summed E-state index contributed by atoms with van der Waals surface area (Å²) in [7, 11) is 0. The summed E-state index contributed by atoms with van der Waals surface area (Å²) in [6, 6.07) is 1.73. The average molecular weight is 266 g/mol. The highest BCUT2D eigenvalue weighted by molar-refractivity contribution is 4.84. The molecule has 2 unspecified atom stereocenters. The Balaban J connectivity index is 1.60. The van der Waals surface area contributed by atoms with Gasteiger partial charge in [-0.3, -0.25) is 4.90 Å². The lowest BCUT2D eigenvalue weighted by Gasteiger charge is -2.22. The molecule has 0 saturated heterocycles. The normalized spacial score (nSPS) is 28.6. The Hall–Kier alpha value is -0.0800. The van der Waals surface area contributed by atoms with Gasteiger partial charge in [-0.25, -0.2) is 0 Å². The number of nitrogens with one attached hydrogen (secondary N) is 1. The van der Waals surface area contributed by atoms with Crippen LogP contribution in [0.4, 0.5) is 0 Å². The summed E-state index contributed by atoms with van der Waals surface area (Å²) in [4.78, 5) is 2.66. The molecule has 19 heavy (non-hydrogen) atoms. The van der Waals surface area contributed by atoms with Crippen LogP contribution >= 0.6 is 0 Å². The van der Waals surface area contributed by atoms with Crippen LogP contribution < -0.4 is 5.32 Å². The standard InChI is InChI=1S/C17H34N2/c1-3-6-15-7-5-8-16(10-9-15)18-13-14-19(4-2)17-11-12-17/h15-18H,3-14H2,1-2H3. The van der Waals surface area contributed by atoms with E-state index in [1.807, 2.05) is 0 Å². The Labute approximate surface area is 120 Å². The molecule has 2 rings (SSSR count). The van der Waals surface area contributed by atoms with Crippen LogP contribution in [0.1, 0.15) is 71.6 Å². The van der Waals surface area contributed by atoms with Crippen LogP contribution in [-0.2, 0) is 0 Å². The van der Waals surface area contributed by atoms with Gasteiger partial charge in [0.05, 0.1) is 0 Å². The maximum atomic E-state index is 3.83. The molecule has 0 heterocycles. The molecule has 2 aliphatic rings. The summed E-state index contributed by atoms with van der Waals surface area (Å²) >= 11 is 0. The largest absolute Gasteiger partial charge is 0.313 e. The summed E-state index contributed by atoms with van der Waals surface area (Å²) in [5, 5.41) is 3.83. The fourth-order valence-corrected chi connectivity index (χ4v) is 3.73. The van der Waals surface area contributed by atoms with Gasteiger partial charge in [-0.2, -0.15) is 0 Å². The van der Waals surface area contributed by atoms with E-state index >= 15 is 0 Å². The zero-order valence-corrected chi connectivity index (χ0v) is 13.2. The summed E-state index contributed by atoms with van der Waals surface area (Å²) < 4.78 is 0. The predicted molar refractivity (Wildman–Crippen MR) is 83.5 cm³/mol. The monoisotopic (exact) mass is 266 g/mol. The van der Waals surface area contributed by atoms with Gasteiger partial charge >= 0.3 is 0 Å². The highest BCUT2D eigenvalue weighted by Gasteiger charge is 2.27. The van der Waals surface area contributed by atoms with Crippen LogP contribution in [0.15, 0.2) is 0 Å². The van der Waals surface area contributed by atoms with Crippen LogP contribution in [0.5, 0.6) is 0 Å². The minimum absolute atomic E-state index is 0.805. The van der Waals surface area contributed by atoms with E-state index in [0.29, 0.717) is 0 Å². The van der Waals surface area contributed by atoms with Crippen molar-refractivity contribution >= 4 is 0 Å². The maximum Gasteiger partial charge on any atom is 0.0110 e. The molecule has 2 nitrogen and oxygen atoms in total. The van der Waals surface area contributed by atoms with E-state index in [0.717, 1.165) is 18.0 Å². The Bertz CT molecular complexity index is 237. The predicted octanol–water partition coefficient (Wildman–Crippen LogP) is 3.81. The number of hydrogen-bond acceptors (Lipinski definition) is 2. The minimum Gasteiger partial charge on any atom is -0.313 e. The molecule has 1 N–H and O–H groups in total. The summed E-state index contributed by atoms with van der Waals surface area (Å²) in [5.41, 5.74) is 0. The van der Waals surface area contributed by atoms with Crippen molar-refractivity contribution in [3.63, 3.8) is 0 Å². The first-order valence-electron chi connectivity index (χ1n) is 8.80. The van der Waals surface area contributed by atoms with Gasteiger partial charge in [0.1, 0.15) is 0 Å². The second kappa shape index (κ2) is 8.26. The molecular weight excluding hydrogens is 232 g/mol. The van der Waals surface area contributed by atoms with Crippen molar-refractivity contribution in [1.82, 2.24) is 10.2 Å². The molecule has 0 aromatic carbocycles. The highest BCUT2D eigenvalue weighted by Crippen LogP contribution is 2.27. The van der Waals surface area contributed by atoms with Gasteiger partial charge < -0.3 is 5.32 Å². The topological polar surface area (TPSA) is 15.3 Å². The summed E-state index contributed by atoms with van der Waals surface area (Å²) in [6.07, 6.45) is 12.9. The molecule has 0 bridgehead atoms. The second-order valence-corrected chi connectivity index (χ2v) is 6.67. The average Bonchev–Trinajstić information content (AvgIpc) is 3.23. The van der Waals surface area contributed by atoms with Crippen LogP contribution in [-0.4, -0.2) is 36.6 Å². The van der Waals surface area contributed by atoms with Crippen LogP contribution in [0, 0.1) is 5.92 Å². The molecule has 2 aliphatic carbocycles. The van der Waals surface area contributed by atoms with E-state index in [4.69, 9.17) is 0 Å². The first-order chi connectivity index (χ1) is 9.33. The van der Waals surface area contributed by atoms with Crippen LogP contribution in [0.3, 0.4) is 0 Å². The quantitative estimate of drug-likeness (QED) is 0.672. The van der Waals surface area contributed by atoms with E-state index < -0.39 is 0 Å². The van der Waals surface area contributed by atoms with Gasteiger partial charge in [-0.1, -0.05) is 39.5 Å². The molecule has 0 radical (unpaired) electrons. The van der Waals surface area contributed by atoms with Gasteiger partial charge in [0.25, 0.3) is 0 Å². The summed E-state index contributed by atoms with van der Waals surface area (Å²) in [6.45, 7) is 8.33. The van der Waals surface area contributed by atoms with E-state index in [9.17, 15) is 0 Å². The first-order valence-corrected chi connectivity index (χ1v) is 8.80. The van der Waals surface area contributed by atoms with Crippen molar-refractivity contribution in [2.24, 2.45) is 5.92 Å².